The van der Waals surface area contributed by atoms with Gasteiger partial charge in [0, 0.05) is 5.75 Å². The van der Waals surface area contributed by atoms with Crippen LogP contribution >= 0.6 is 11.8 Å². The van der Waals surface area contributed by atoms with Crippen molar-refractivity contribution < 1.29 is 23.8 Å². The van der Waals surface area contributed by atoms with Gasteiger partial charge in [-0.3, -0.25) is 0 Å². The van der Waals surface area contributed by atoms with Crippen molar-refractivity contribution in [3.63, 3.8) is 0 Å². The summed E-state index contributed by atoms with van der Waals surface area (Å²) in [7, 11) is 3.17. The molecular weight excluding hydrogens is 368 g/mol. The molecule has 0 aliphatic rings. The molecule has 27 heavy (non-hydrogen) atoms. The van der Waals surface area contributed by atoms with Crippen LogP contribution < -0.4 is 14.6 Å². The van der Waals surface area contributed by atoms with Gasteiger partial charge in [0.1, 0.15) is 0 Å². The standard InChI is InChI=1S/C19H18N2O5S/c1-24-15-8-5-13(9-16(15)25-2)10-17-20-21-19(26-17)27-11-12-3-6-14(7-4-12)18(22)23/h3-9H,10-11H2,1-2H3,(H,22,23)/p-1. The Morgan fingerprint density at radius 3 is 2.41 bits per heavy atom. The lowest BCUT2D eigenvalue weighted by atomic mass is 10.1. The van der Waals surface area contributed by atoms with Crippen LogP contribution in [-0.4, -0.2) is 30.4 Å². The van der Waals surface area contributed by atoms with Crippen LogP contribution in [0.1, 0.15) is 27.4 Å². The minimum atomic E-state index is -1.19. The number of aromatic carboxylic acids is 1. The van der Waals surface area contributed by atoms with Crippen molar-refractivity contribution in [1.29, 1.82) is 0 Å². The van der Waals surface area contributed by atoms with Crippen molar-refractivity contribution >= 4 is 17.7 Å². The summed E-state index contributed by atoms with van der Waals surface area (Å²) in [6.07, 6.45) is 0.480. The molecule has 7 nitrogen and oxygen atoms in total. The Kier molecular flexibility index (Phi) is 5.97. The van der Waals surface area contributed by atoms with Gasteiger partial charge in [-0.2, -0.15) is 0 Å². The molecule has 0 saturated heterocycles. The van der Waals surface area contributed by atoms with Crippen LogP contribution in [0.4, 0.5) is 0 Å². The predicted octanol–water partition coefficient (Wildman–Crippen LogP) is 2.33. The second kappa shape index (κ2) is 8.59. The Balaban J connectivity index is 1.60. The van der Waals surface area contributed by atoms with E-state index in [0.717, 1.165) is 11.1 Å². The second-order valence-corrected chi connectivity index (χ2v) is 6.53. The molecule has 0 unspecified atom stereocenters. The first-order valence-electron chi connectivity index (χ1n) is 8.05. The molecule has 0 aliphatic carbocycles. The van der Waals surface area contributed by atoms with Crippen molar-refractivity contribution in [3.8, 4) is 11.5 Å². The molecule has 1 aromatic heterocycles. The van der Waals surface area contributed by atoms with Gasteiger partial charge < -0.3 is 23.8 Å². The van der Waals surface area contributed by atoms with E-state index in [2.05, 4.69) is 10.2 Å². The fourth-order valence-corrected chi connectivity index (χ4v) is 3.15. The van der Waals surface area contributed by atoms with Gasteiger partial charge in [-0.25, -0.2) is 0 Å². The number of benzene rings is 2. The van der Waals surface area contributed by atoms with Gasteiger partial charge >= 0.3 is 0 Å². The van der Waals surface area contributed by atoms with E-state index in [0.29, 0.717) is 34.8 Å². The van der Waals surface area contributed by atoms with Gasteiger partial charge in [0.2, 0.25) is 5.89 Å². The molecule has 0 bridgehead atoms. The summed E-state index contributed by atoms with van der Waals surface area (Å²) in [6.45, 7) is 0. The van der Waals surface area contributed by atoms with Crippen molar-refractivity contribution in [2.24, 2.45) is 0 Å². The van der Waals surface area contributed by atoms with Gasteiger partial charge in [-0.05, 0) is 28.8 Å². The number of hydrogen-bond donors (Lipinski definition) is 0. The molecule has 140 valence electrons. The normalized spacial score (nSPS) is 10.6. The molecule has 0 amide bonds. The topological polar surface area (TPSA) is 97.5 Å². The average Bonchev–Trinajstić information content (AvgIpc) is 3.13. The summed E-state index contributed by atoms with van der Waals surface area (Å²) in [4.78, 5) is 10.8. The Labute approximate surface area is 160 Å². The van der Waals surface area contributed by atoms with Crippen LogP contribution in [0.3, 0.4) is 0 Å². The van der Waals surface area contributed by atoms with Gasteiger partial charge in [0.05, 0.1) is 26.6 Å². The number of thioether (sulfide) groups is 1. The third-order valence-electron chi connectivity index (χ3n) is 3.80. The van der Waals surface area contributed by atoms with Crippen LogP contribution in [0.2, 0.25) is 0 Å². The molecule has 0 N–H and O–H groups in total. The lowest BCUT2D eigenvalue weighted by molar-refractivity contribution is -0.255. The summed E-state index contributed by atoms with van der Waals surface area (Å²) < 4.78 is 16.2. The van der Waals surface area contributed by atoms with E-state index in [1.165, 1.54) is 23.9 Å². The number of methoxy groups -OCH3 is 2. The number of rotatable bonds is 8. The number of carbonyl (C=O) groups is 1. The Morgan fingerprint density at radius 1 is 1.04 bits per heavy atom. The van der Waals surface area contributed by atoms with E-state index in [4.69, 9.17) is 13.9 Å². The number of nitrogens with zero attached hydrogens (tertiary/aromatic N) is 2. The highest BCUT2D eigenvalue weighted by Gasteiger charge is 2.10. The van der Waals surface area contributed by atoms with Gasteiger partial charge in [-0.15, -0.1) is 10.2 Å². The number of carboxylic acids is 1. The summed E-state index contributed by atoms with van der Waals surface area (Å²) in [5, 5.41) is 19.3. The van der Waals surface area contributed by atoms with E-state index in [9.17, 15) is 9.90 Å². The highest BCUT2D eigenvalue weighted by atomic mass is 32.2. The number of hydrogen-bond acceptors (Lipinski definition) is 8. The number of ether oxygens (including phenoxy) is 2. The van der Waals surface area contributed by atoms with Crippen molar-refractivity contribution in [1.82, 2.24) is 10.2 Å². The zero-order valence-electron chi connectivity index (χ0n) is 14.8. The van der Waals surface area contributed by atoms with Crippen molar-refractivity contribution in [3.05, 3.63) is 65.0 Å². The molecular formula is C19H17N2O5S-. The third-order valence-corrected chi connectivity index (χ3v) is 4.69. The maximum Gasteiger partial charge on any atom is 0.276 e. The second-order valence-electron chi connectivity index (χ2n) is 5.60. The first kappa shape index (κ1) is 18.8. The average molecular weight is 385 g/mol. The molecule has 2 aromatic carbocycles. The molecule has 0 fully saturated rings. The van der Waals surface area contributed by atoms with E-state index < -0.39 is 5.97 Å². The predicted molar refractivity (Wildman–Crippen MR) is 97.0 cm³/mol. The smallest absolute Gasteiger partial charge is 0.276 e. The summed E-state index contributed by atoms with van der Waals surface area (Å²) in [5.74, 6) is 1.20. The minimum Gasteiger partial charge on any atom is -0.545 e. The first-order valence-corrected chi connectivity index (χ1v) is 9.04. The first-order chi connectivity index (χ1) is 13.1. The molecule has 0 radical (unpaired) electrons. The molecule has 0 saturated carbocycles. The number of carbonyl (C=O) groups excluding carboxylic acids is 1. The highest BCUT2D eigenvalue weighted by molar-refractivity contribution is 7.98. The van der Waals surface area contributed by atoms with Gasteiger partial charge in [0.15, 0.2) is 11.5 Å². The fraction of sp³-hybridized carbons (Fsp3) is 0.211. The Bertz CT molecular complexity index is 924. The van der Waals surface area contributed by atoms with Crippen molar-refractivity contribution in [2.75, 3.05) is 14.2 Å². The number of carboxylic acid groups (broad SMARTS) is 1. The molecule has 0 aliphatic heterocycles. The monoisotopic (exact) mass is 385 g/mol. The van der Waals surface area contributed by atoms with E-state index in [1.54, 1.807) is 26.4 Å². The van der Waals surface area contributed by atoms with Gasteiger partial charge in [-0.1, -0.05) is 42.1 Å². The van der Waals surface area contributed by atoms with E-state index >= 15 is 0 Å². The SMILES string of the molecule is COc1ccc(Cc2nnc(SCc3ccc(C(=O)[O-])cc3)o2)cc1OC. The Morgan fingerprint density at radius 2 is 1.74 bits per heavy atom. The number of aromatic nitrogens is 2. The van der Waals surface area contributed by atoms with Gasteiger partial charge in [0.25, 0.3) is 5.22 Å². The quantitative estimate of drug-likeness (QED) is 0.545. The summed E-state index contributed by atoms with van der Waals surface area (Å²) in [5.41, 5.74) is 2.06. The highest BCUT2D eigenvalue weighted by Crippen LogP contribution is 2.29. The molecule has 0 spiro atoms. The molecule has 3 aromatic rings. The Hall–Kier alpha value is -3.00. The third kappa shape index (κ3) is 4.79. The van der Waals surface area contributed by atoms with Crippen LogP contribution in [-0.2, 0) is 12.2 Å². The van der Waals surface area contributed by atoms with Crippen LogP contribution in [0.15, 0.2) is 52.1 Å². The molecule has 1 heterocycles. The lowest BCUT2D eigenvalue weighted by Crippen LogP contribution is -2.21. The molecule has 3 rings (SSSR count). The molecule has 8 heteroatoms. The maximum absolute atomic E-state index is 10.8. The largest absolute Gasteiger partial charge is 0.545 e. The van der Waals surface area contributed by atoms with Crippen LogP contribution in [0, 0.1) is 0 Å². The lowest BCUT2D eigenvalue weighted by Gasteiger charge is -2.08. The van der Waals surface area contributed by atoms with Crippen LogP contribution in [0.5, 0.6) is 11.5 Å². The van der Waals surface area contributed by atoms with E-state index in [-0.39, 0.29) is 5.56 Å². The summed E-state index contributed by atoms with van der Waals surface area (Å²) >= 11 is 1.38. The van der Waals surface area contributed by atoms with Crippen LogP contribution in [0.25, 0.3) is 0 Å². The van der Waals surface area contributed by atoms with Crippen molar-refractivity contribution in [2.45, 2.75) is 17.4 Å². The summed E-state index contributed by atoms with van der Waals surface area (Å²) in [6, 6.07) is 12.1. The zero-order chi connectivity index (χ0) is 19.2. The maximum atomic E-state index is 10.8. The zero-order valence-corrected chi connectivity index (χ0v) is 15.6. The van der Waals surface area contributed by atoms with E-state index in [1.807, 2.05) is 18.2 Å². The minimum absolute atomic E-state index is 0.152. The fourth-order valence-electron chi connectivity index (χ4n) is 2.42. The molecule has 0 atom stereocenters.